The van der Waals surface area contributed by atoms with Gasteiger partial charge < -0.3 is 15.6 Å². The fourth-order valence-corrected chi connectivity index (χ4v) is 1.87. The van der Waals surface area contributed by atoms with Crippen molar-refractivity contribution in [3.05, 3.63) is 64.1 Å². The van der Waals surface area contributed by atoms with Crippen molar-refractivity contribution in [1.82, 2.24) is 4.98 Å². The lowest BCUT2D eigenvalue weighted by molar-refractivity contribution is 0.0988. The summed E-state index contributed by atoms with van der Waals surface area (Å²) in [6.07, 6.45) is 0. The quantitative estimate of drug-likeness (QED) is 0.834. The van der Waals surface area contributed by atoms with Crippen LogP contribution in [-0.2, 0) is 0 Å². The van der Waals surface area contributed by atoms with E-state index in [-0.39, 0.29) is 22.1 Å². The van der Waals surface area contributed by atoms with Gasteiger partial charge in [0.25, 0.3) is 5.91 Å². The van der Waals surface area contributed by atoms with Gasteiger partial charge in [-0.1, -0.05) is 30.4 Å². The molecule has 0 bridgehead atoms. The van der Waals surface area contributed by atoms with Crippen LogP contribution < -0.4 is 16.2 Å². The summed E-state index contributed by atoms with van der Waals surface area (Å²) in [4.78, 5) is 27.7. The largest absolute Gasteiger partial charge is 0.389 e. The number of aromatic nitrogens is 1. The van der Waals surface area contributed by atoms with E-state index in [1.807, 2.05) is 0 Å². The van der Waals surface area contributed by atoms with E-state index in [9.17, 15) is 9.59 Å². The molecule has 0 aliphatic carbocycles. The number of thiocarbonyl (C=S) groups is 1. The molecule has 0 fully saturated rings. The Morgan fingerprint density at radius 1 is 1.25 bits per heavy atom. The van der Waals surface area contributed by atoms with Crippen molar-refractivity contribution in [3.63, 3.8) is 0 Å². The molecule has 2 aromatic rings. The Morgan fingerprint density at radius 3 is 2.60 bits per heavy atom. The van der Waals surface area contributed by atoms with E-state index in [4.69, 9.17) is 18.0 Å². The molecule has 1 amide bonds. The number of aromatic amines is 1. The average Bonchev–Trinajstić information content (AvgIpc) is 2.45. The molecular weight excluding hydrogens is 274 g/mol. The zero-order chi connectivity index (χ0) is 14.7. The first kappa shape index (κ1) is 14.0. The molecule has 2 rings (SSSR count). The van der Waals surface area contributed by atoms with Gasteiger partial charge in [0.15, 0.2) is 0 Å². The number of rotatable bonds is 3. The van der Waals surface area contributed by atoms with Crippen LogP contribution in [0.5, 0.6) is 0 Å². The van der Waals surface area contributed by atoms with E-state index in [1.54, 1.807) is 37.4 Å². The Balaban J connectivity index is 2.33. The molecule has 1 aromatic carbocycles. The molecule has 20 heavy (non-hydrogen) atoms. The van der Waals surface area contributed by atoms with Gasteiger partial charge in [-0.2, -0.15) is 0 Å². The molecule has 0 aliphatic rings. The van der Waals surface area contributed by atoms with Crippen molar-refractivity contribution >= 4 is 28.8 Å². The number of nitrogens with one attached hydrogen (secondary N) is 1. The lowest BCUT2D eigenvalue weighted by Gasteiger charge is -2.17. The molecule has 102 valence electrons. The smallest absolute Gasteiger partial charge is 0.274 e. The van der Waals surface area contributed by atoms with E-state index in [0.717, 1.165) is 0 Å². The van der Waals surface area contributed by atoms with Crippen LogP contribution in [0.15, 0.2) is 47.3 Å². The average molecular weight is 287 g/mol. The van der Waals surface area contributed by atoms with Crippen LogP contribution in [0.1, 0.15) is 16.1 Å². The molecule has 0 atom stereocenters. The third-order valence-corrected chi connectivity index (χ3v) is 3.06. The van der Waals surface area contributed by atoms with Gasteiger partial charge in [-0.15, -0.1) is 0 Å². The highest BCUT2D eigenvalue weighted by Crippen LogP contribution is 2.16. The van der Waals surface area contributed by atoms with E-state index < -0.39 is 0 Å². The molecule has 0 aliphatic heterocycles. The van der Waals surface area contributed by atoms with Gasteiger partial charge in [-0.3, -0.25) is 9.59 Å². The van der Waals surface area contributed by atoms with Gasteiger partial charge >= 0.3 is 0 Å². The molecule has 0 unspecified atom stereocenters. The summed E-state index contributed by atoms with van der Waals surface area (Å²) >= 11 is 4.91. The number of H-pyrrole nitrogens is 1. The van der Waals surface area contributed by atoms with Crippen molar-refractivity contribution in [2.45, 2.75) is 0 Å². The van der Waals surface area contributed by atoms with Gasteiger partial charge in [0, 0.05) is 24.4 Å². The number of carbonyl (C=O) groups excluding carboxylic acids is 1. The third kappa shape index (κ3) is 2.92. The number of nitrogens with zero attached hydrogens (tertiary/aromatic N) is 1. The van der Waals surface area contributed by atoms with Gasteiger partial charge in [0.2, 0.25) is 5.56 Å². The Labute approximate surface area is 121 Å². The van der Waals surface area contributed by atoms with Gasteiger partial charge in [-0.05, 0) is 18.2 Å². The minimum Gasteiger partial charge on any atom is -0.389 e. The van der Waals surface area contributed by atoms with Crippen LogP contribution >= 0.6 is 12.2 Å². The number of pyridine rings is 1. The Bertz CT molecular complexity index is 724. The van der Waals surface area contributed by atoms with Crippen molar-refractivity contribution < 1.29 is 4.79 Å². The Kier molecular flexibility index (Phi) is 3.95. The van der Waals surface area contributed by atoms with Gasteiger partial charge in [-0.25, -0.2) is 0 Å². The van der Waals surface area contributed by atoms with Crippen molar-refractivity contribution in [3.8, 4) is 0 Å². The highest BCUT2D eigenvalue weighted by molar-refractivity contribution is 7.80. The van der Waals surface area contributed by atoms with Crippen LogP contribution in [0.3, 0.4) is 0 Å². The number of anilines is 1. The molecule has 3 N–H and O–H groups in total. The third-order valence-electron chi connectivity index (χ3n) is 2.82. The fraction of sp³-hybridized carbons (Fsp3) is 0.0714. The van der Waals surface area contributed by atoms with Crippen LogP contribution in [0.4, 0.5) is 5.69 Å². The maximum absolute atomic E-state index is 12.3. The molecule has 6 heteroatoms. The van der Waals surface area contributed by atoms with Crippen molar-refractivity contribution in [1.29, 1.82) is 0 Å². The number of hydrogen-bond acceptors (Lipinski definition) is 3. The first-order valence-electron chi connectivity index (χ1n) is 5.86. The number of nitrogens with two attached hydrogens (primary N) is 1. The summed E-state index contributed by atoms with van der Waals surface area (Å²) < 4.78 is 0. The summed E-state index contributed by atoms with van der Waals surface area (Å²) in [5, 5.41) is 0. The molecule has 0 spiro atoms. The molecule has 1 heterocycles. The van der Waals surface area contributed by atoms with E-state index >= 15 is 0 Å². The predicted octanol–water partition coefficient (Wildman–Crippen LogP) is 1.29. The van der Waals surface area contributed by atoms with Crippen LogP contribution in [-0.4, -0.2) is 22.9 Å². The maximum atomic E-state index is 12.3. The molecule has 5 nitrogen and oxygen atoms in total. The van der Waals surface area contributed by atoms with Crippen LogP contribution in [0.2, 0.25) is 0 Å². The second-order valence-corrected chi connectivity index (χ2v) is 4.65. The van der Waals surface area contributed by atoms with E-state index in [1.165, 1.54) is 17.0 Å². The molecule has 1 aromatic heterocycles. The predicted molar refractivity (Wildman–Crippen MR) is 82.1 cm³/mol. The Morgan fingerprint density at radius 2 is 1.95 bits per heavy atom. The summed E-state index contributed by atoms with van der Waals surface area (Å²) in [5.74, 6) is -0.317. The number of carbonyl (C=O) groups is 1. The lowest BCUT2D eigenvalue weighted by Crippen LogP contribution is -2.28. The first-order valence-corrected chi connectivity index (χ1v) is 6.27. The van der Waals surface area contributed by atoms with Crippen LogP contribution in [0, 0.1) is 0 Å². The van der Waals surface area contributed by atoms with Gasteiger partial charge in [0.1, 0.15) is 10.7 Å². The SMILES string of the molecule is CN(C(=O)c1cccc(=O)[nH]1)c1cccc(C(N)=S)c1. The second-order valence-electron chi connectivity index (χ2n) is 4.21. The number of hydrogen-bond donors (Lipinski definition) is 2. The molecule has 0 radical (unpaired) electrons. The first-order chi connectivity index (χ1) is 9.49. The number of amides is 1. The Hall–Kier alpha value is -2.47. The minimum atomic E-state index is -0.318. The van der Waals surface area contributed by atoms with Gasteiger partial charge in [0.05, 0.1) is 0 Å². The van der Waals surface area contributed by atoms with Crippen molar-refractivity contribution in [2.24, 2.45) is 5.73 Å². The standard InChI is InChI=1S/C14H13N3O2S/c1-17(10-5-2-4-9(8-10)13(15)20)14(19)11-6-3-7-12(18)16-11/h2-8H,1H3,(H2,15,20)(H,16,18). The summed E-state index contributed by atoms with van der Waals surface area (Å²) in [7, 11) is 1.62. The summed E-state index contributed by atoms with van der Waals surface area (Å²) in [6.45, 7) is 0. The zero-order valence-electron chi connectivity index (χ0n) is 10.8. The van der Waals surface area contributed by atoms with E-state index in [0.29, 0.717) is 11.3 Å². The summed E-state index contributed by atoms with van der Waals surface area (Å²) in [5.41, 5.74) is 6.80. The topological polar surface area (TPSA) is 79.2 Å². The highest BCUT2D eigenvalue weighted by Gasteiger charge is 2.14. The molecule has 0 saturated carbocycles. The molecular formula is C14H13N3O2S. The maximum Gasteiger partial charge on any atom is 0.274 e. The monoisotopic (exact) mass is 287 g/mol. The fourth-order valence-electron chi connectivity index (χ4n) is 1.74. The molecule has 0 saturated heterocycles. The van der Waals surface area contributed by atoms with E-state index in [2.05, 4.69) is 4.98 Å². The van der Waals surface area contributed by atoms with Crippen molar-refractivity contribution in [2.75, 3.05) is 11.9 Å². The normalized spacial score (nSPS) is 10.1. The number of benzene rings is 1. The second kappa shape index (κ2) is 5.66. The minimum absolute atomic E-state index is 0.223. The highest BCUT2D eigenvalue weighted by atomic mass is 32.1. The zero-order valence-corrected chi connectivity index (χ0v) is 11.6. The van der Waals surface area contributed by atoms with Crippen LogP contribution in [0.25, 0.3) is 0 Å². The lowest BCUT2D eigenvalue weighted by atomic mass is 10.2. The summed E-state index contributed by atoms with van der Waals surface area (Å²) in [6, 6.07) is 11.5.